The van der Waals surface area contributed by atoms with Gasteiger partial charge in [0, 0.05) is 16.3 Å². The molecule has 5 heteroatoms. The van der Waals surface area contributed by atoms with E-state index in [9.17, 15) is 10.1 Å². The summed E-state index contributed by atoms with van der Waals surface area (Å²) < 4.78 is 5.86. The summed E-state index contributed by atoms with van der Waals surface area (Å²) in [5.74, 6) is 0.870. The van der Waals surface area contributed by atoms with Gasteiger partial charge in [0.25, 0.3) is 5.69 Å². The van der Waals surface area contributed by atoms with Crippen molar-refractivity contribution in [3.63, 3.8) is 0 Å². The lowest BCUT2D eigenvalue weighted by Crippen LogP contribution is -2.12. The second-order valence-corrected chi connectivity index (χ2v) is 5.91. The maximum absolute atomic E-state index is 11.0. The highest BCUT2D eigenvalue weighted by molar-refractivity contribution is 6.34. The Morgan fingerprint density at radius 1 is 1.20 bits per heavy atom. The molecular weight excluding hydrogens is 270 g/mol. The van der Waals surface area contributed by atoms with Gasteiger partial charge in [-0.05, 0) is 36.2 Å². The van der Waals surface area contributed by atoms with E-state index in [-0.39, 0.29) is 17.2 Å². The first-order valence-corrected chi connectivity index (χ1v) is 7.42. The Kier molecular flexibility index (Phi) is 4.19. The number of benzene rings is 2. The molecule has 2 aromatic rings. The van der Waals surface area contributed by atoms with Crippen LogP contribution in [0.3, 0.4) is 0 Å². The van der Waals surface area contributed by atoms with Crippen LogP contribution in [-0.4, -0.2) is 15.2 Å². The lowest BCUT2D eigenvalue weighted by molar-refractivity contribution is -0.385. The van der Waals surface area contributed by atoms with Crippen LogP contribution in [-0.2, 0) is 6.61 Å². The van der Waals surface area contributed by atoms with Crippen molar-refractivity contribution in [2.45, 2.75) is 20.5 Å². The van der Waals surface area contributed by atoms with Crippen LogP contribution in [0.25, 0.3) is 0 Å². The SMILES string of the molecule is Cc1ccc([SiH3])c(OCc2ccccc2[N+](=O)[O-])c1C. The minimum absolute atomic E-state index is 0.104. The van der Waals surface area contributed by atoms with Crippen LogP contribution in [0, 0.1) is 24.0 Å². The summed E-state index contributed by atoms with van der Waals surface area (Å²) >= 11 is 0. The van der Waals surface area contributed by atoms with Crippen LogP contribution in [0.4, 0.5) is 5.69 Å². The summed E-state index contributed by atoms with van der Waals surface area (Å²) in [6.07, 6.45) is 0. The summed E-state index contributed by atoms with van der Waals surface area (Å²) in [4.78, 5) is 10.6. The first kappa shape index (κ1) is 14.3. The van der Waals surface area contributed by atoms with E-state index in [0.29, 0.717) is 5.56 Å². The van der Waals surface area contributed by atoms with Gasteiger partial charge in [0.2, 0.25) is 0 Å². The Labute approximate surface area is 121 Å². The topological polar surface area (TPSA) is 52.4 Å². The summed E-state index contributed by atoms with van der Waals surface area (Å²) in [6.45, 7) is 4.27. The van der Waals surface area contributed by atoms with E-state index in [4.69, 9.17) is 4.74 Å². The number of aryl methyl sites for hydroxylation is 1. The van der Waals surface area contributed by atoms with Gasteiger partial charge in [-0.3, -0.25) is 10.1 Å². The summed E-state index contributed by atoms with van der Waals surface area (Å²) in [5, 5.41) is 12.2. The average Bonchev–Trinajstić information content (AvgIpc) is 2.43. The van der Waals surface area contributed by atoms with Crippen LogP contribution in [0.1, 0.15) is 16.7 Å². The second kappa shape index (κ2) is 5.88. The lowest BCUT2D eigenvalue weighted by atomic mass is 10.1. The molecule has 0 aliphatic rings. The molecule has 0 N–H and O–H groups in total. The zero-order valence-electron chi connectivity index (χ0n) is 11.8. The number of ether oxygens (including phenoxy) is 1. The molecule has 0 radical (unpaired) electrons. The third-order valence-electron chi connectivity index (χ3n) is 3.43. The quantitative estimate of drug-likeness (QED) is 0.489. The van der Waals surface area contributed by atoms with Crippen molar-refractivity contribution in [2.75, 3.05) is 0 Å². The molecule has 0 heterocycles. The first-order valence-electron chi connectivity index (χ1n) is 6.42. The van der Waals surface area contributed by atoms with Crippen molar-refractivity contribution in [1.82, 2.24) is 0 Å². The molecule has 0 fully saturated rings. The zero-order chi connectivity index (χ0) is 14.7. The van der Waals surface area contributed by atoms with E-state index in [1.807, 2.05) is 13.8 Å². The highest BCUT2D eigenvalue weighted by Gasteiger charge is 2.14. The minimum atomic E-state index is -0.372. The molecule has 0 spiro atoms. The van der Waals surface area contributed by atoms with Crippen LogP contribution in [0.15, 0.2) is 36.4 Å². The standard InChI is InChI=1S/C15H17NO3Si/c1-10-7-8-14(20)15(11(10)2)19-9-12-5-3-4-6-13(12)16(17)18/h3-8H,9H2,1-2,20H3. The third kappa shape index (κ3) is 2.88. The van der Waals surface area contributed by atoms with Crippen molar-refractivity contribution >= 4 is 21.1 Å². The Balaban J connectivity index is 2.26. The average molecular weight is 287 g/mol. The molecule has 0 aromatic heterocycles. The van der Waals surface area contributed by atoms with Crippen LogP contribution in [0.2, 0.25) is 0 Å². The van der Waals surface area contributed by atoms with E-state index in [0.717, 1.165) is 21.6 Å². The fourth-order valence-corrected chi connectivity index (χ4v) is 2.79. The molecule has 4 nitrogen and oxygen atoms in total. The van der Waals surface area contributed by atoms with E-state index >= 15 is 0 Å². The summed E-state index contributed by atoms with van der Waals surface area (Å²) in [6, 6.07) is 10.8. The molecule has 2 rings (SSSR count). The molecule has 104 valence electrons. The summed E-state index contributed by atoms with van der Waals surface area (Å²) in [7, 11) is 0.884. The van der Waals surface area contributed by atoms with E-state index in [2.05, 4.69) is 12.1 Å². The Morgan fingerprint density at radius 3 is 2.60 bits per heavy atom. The Hall–Kier alpha value is -2.14. The number of rotatable bonds is 4. The lowest BCUT2D eigenvalue weighted by Gasteiger charge is -2.14. The van der Waals surface area contributed by atoms with Crippen molar-refractivity contribution in [3.8, 4) is 5.75 Å². The number of hydrogen-bond donors (Lipinski definition) is 0. The fourth-order valence-electron chi connectivity index (χ4n) is 2.11. The minimum Gasteiger partial charge on any atom is -0.489 e. The van der Waals surface area contributed by atoms with E-state index in [1.54, 1.807) is 18.2 Å². The smallest absolute Gasteiger partial charge is 0.276 e. The van der Waals surface area contributed by atoms with Gasteiger partial charge in [-0.2, -0.15) is 0 Å². The molecule has 0 amide bonds. The van der Waals surface area contributed by atoms with Crippen molar-refractivity contribution < 1.29 is 9.66 Å². The third-order valence-corrected chi connectivity index (χ3v) is 4.22. The largest absolute Gasteiger partial charge is 0.489 e. The predicted molar refractivity (Wildman–Crippen MR) is 82.9 cm³/mol. The number of para-hydroxylation sites is 1. The van der Waals surface area contributed by atoms with Gasteiger partial charge in [-0.15, -0.1) is 0 Å². The van der Waals surface area contributed by atoms with Crippen LogP contribution in [0.5, 0.6) is 5.75 Å². The van der Waals surface area contributed by atoms with E-state index < -0.39 is 0 Å². The molecule has 0 aliphatic carbocycles. The molecule has 2 aromatic carbocycles. The van der Waals surface area contributed by atoms with Gasteiger partial charge in [0.05, 0.1) is 10.5 Å². The monoisotopic (exact) mass is 287 g/mol. The normalized spacial score (nSPS) is 10.5. The molecular formula is C15H17NO3Si. The van der Waals surface area contributed by atoms with Crippen LogP contribution >= 0.6 is 0 Å². The first-order chi connectivity index (χ1) is 9.50. The molecule has 0 unspecified atom stereocenters. The van der Waals surface area contributed by atoms with E-state index in [1.165, 1.54) is 16.8 Å². The van der Waals surface area contributed by atoms with Gasteiger partial charge in [-0.25, -0.2) is 0 Å². The summed E-state index contributed by atoms with van der Waals surface area (Å²) in [5.41, 5.74) is 2.98. The Bertz CT molecular complexity index is 656. The number of nitro groups is 1. The highest BCUT2D eigenvalue weighted by Crippen LogP contribution is 2.22. The zero-order valence-corrected chi connectivity index (χ0v) is 13.8. The highest BCUT2D eigenvalue weighted by atomic mass is 28.1. The molecule has 0 saturated heterocycles. The van der Waals surface area contributed by atoms with Gasteiger partial charge >= 0.3 is 0 Å². The number of hydrogen-bond acceptors (Lipinski definition) is 3. The maximum Gasteiger partial charge on any atom is 0.276 e. The van der Waals surface area contributed by atoms with Gasteiger partial charge in [0.15, 0.2) is 0 Å². The number of nitro benzene ring substituents is 1. The second-order valence-electron chi connectivity index (χ2n) is 4.83. The van der Waals surface area contributed by atoms with Gasteiger partial charge in [-0.1, -0.05) is 24.3 Å². The van der Waals surface area contributed by atoms with Gasteiger partial charge in [0.1, 0.15) is 12.4 Å². The molecule has 0 bridgehead atoms. The molecule has 20 heavy (non-hydrogen) atoms. The van der Waals surface area contributed by atoms with Crippen LogP contribution < -0.4 is 9.92 Å². The molecule has 0 saturated carbocycles. The predicted octanol–water partition coefficient (Wildman–Crippen LogP) is 1.78. The molecule has 0 atom stereocenters. The van der Waals surface area contributed by atoms with Crippen molar-refractivity contribution in [3.05, 3.63) is 63.2 Å². The molecule has 0 aliphatic heterocycles. The fraction of sp³-hybridized carbons (Fsp3) is 0.200. The number of nitrogens with zero attached hydrogens (tertiary/aromatic N) is 1. The maximum atomic E-state index is 11.0. The van der Waals surface area contributed by atoms with Gasteiger partial charge < -0.3 is 4.74 Å². The van der Waals surface area contributed by atoms with Crippen molar-refractivity contribution in [1.29, 1.82) is 0 Å². The Morgan fingerprint density at radius 2 is 1.90 bits per heavy atom. The van der Waals surface area contributed by atoms with Crippen molar-refractivity contribution in [2.24, 2.45) is 0 Å².